The summed E-state index contributed by atoms with van der Waals surface area (Å²) in [6, 6.07) is 7.61. The zero-order valence-corrected chi connectivity index (χ0v) is 15.0. The van der Waals surface area contributed by atoms with E-state index < -0.39 is 12.2 Å². The van der Waals surface area contributed by atoms with Crippen LogP contribution in [-0.2, 0) is 0 Å². The fraction of sp³-hybridized carbons (Fsp3) is 0.550. The molecule has 0 radical (unpaired) electrons. The molecule has 140 valence electrons. The lowest BCUT2D eigenvalue weighted by Crippen LogP contribution is -2.58. The van der Waals surface area contributed by atoms with Gasteiger partial charge < -0.3 is 20.1 Å². The number of hydrogen-bond acceptors (Lipinski definition) is 6. The molecule has 1 aromatic carbocycles. The summed E-state index contributed by atoms with van der Waals surface area (Å²) in [6.07, 6.45) is 2.28. The Kier molecular flexibility index (Phi) is 4.84. The molecular formula is C20H26N2O4. The molecule has 0 spiro atoms. The highest BCUT2D eigenvalue weighted by Crippen LogP contribution is 2.42. The Balaban J connectivity index is 1.63. The molecule has 2 aromatic rings. The Labute approximate surface area is 153 Å². The normalized spacial score (nSPS) is 30.3. The van der Waals surface area contributed by atoms with Crippen LogP contribution in [0.4, 0.5) is 0 Å². The maximum Gasteiger partial charge on any atom is 0.119 e. The smallest absolute Gasteiger partial charge is 0.119 e. The Hall–Kier alpha value is -1.73. The molecule has 6 heteroatoms. The van der Waals surface area contributed by atoms with Crippen LogP contribution in [0.3, 0.4) is 0 Å². The van der Waals surface area contributed by atoms with Gasteiger partial charge in [0.15, 0.2) is 0 Å². The van der Waals surface area contributed by atoms with E-state index in [9.17, 15) is 15.3 Å². The van der Waals surface area contributed by atoms with Gasteiger partial charge in [-0.25, -0.2) is 0 Å². The van der Waals surface area contributed by atoms with E-state index in [1.807, 2.05) is 24.3 Å². The van der Waals surface area contributed by atoms with Crippen molar-refractivity contribution in [2.45, 2.75) is 31.1 Å². The Bertz CT molecular complexity index is 783. The van der Waals surface area contributed by atoms with Crippen molar-refractivity contribution in [1.82, 2.24) is 9.88 Å². The molecule has 4 heterocycles. The van der Waals surface area contributed by atoms with Crippen molar-refractivity contribution in [3.8, 4) is 5.75 Å². The van der Waals surface area contributed by atoms with E-state index in [1.165, 1.54) is 0 Å². The van der Waals surface area contributed by atoms with Gasteiger partial charge in [-0.15, -0.1) is 0 Å². The first kappa shape index (κ1) is 17.7. The van der Waals surface area contributed by atoms with E-state index in [0.29, 0.717) is 5.92 Å². The Morgan fingerprint density at radius 1 is 1.31 bits per heavy atom. The average molecular weight is 358 g/mol. The molecule has 3 N–H and O–H groups in total. The van der Waals surface area contributed by atoms with Crippen molar-refractivity contribution in [2.24, 2.45) is 11.8 Å². The van der Waals surface area contributed by atoms with Crippen LogP contribution in [0.25, 0.3) is 10.9 Å². The third kappa shape index (κ3) is 2.97. The predicted octanol–water partition coefficient (Wildman–Crippen LogP) is 1.34. The Morgan fingerprint density at radius 3 is 2.85 bits per heavy atom. The van der Waals surface area contributed by atoms with Gasteiger partial charge in [-0.3, -0.25) is 9.88 Å². The minimum absolute atomic E-state index is 0.0210. The molecule has 26 heavy (non-hydrogen) atoms. The van der Waals surface area contributed by atoms with Crippen molar-refractivity contribution >= 4 is 10.9 Å². The van der Waals surface area contributed by atoms with Gasteiger partial charge in [0.1, 0.15) is 5.75 Å². The maximum absolute atomic E-state index is 11.2. The topological polar surface area (TPSA) is 86.1 Å². The second-order valence-electron chi connectivity index (χ2n) is 7.49. The number of piperidine rings is 3. The minimum atomic E-state index is -0.674. The van der Waals surface area contributed by atoms with E-state index >= 15 is 0 Å². The van der Waals surface area contributed by atoms with E-state index in [0.717, 1.165) is 48.1 Å². The SMILES string of the molecule is COc1ccc2nccc([C@@H](O)[C@@H]3C[C@@H]4CCN3C[C@@H]4[C@H](O)CO)c2c1. The van der Waals surface area contributed by atoms with E-state index in [2.05, 4.69) is 9.88 Å². The zero-order valence-electron chi connectivity index (χ0n) is 15.0. The summed E-state index contributed by atoms with van der Waals surface area (Å²) in [5.74, 6) is 1.17. The highest BCUT2D eigenvalue weighted by molar-refractivity contribution is 5.83. The number of aromatic nitrogens is 1. The molecule has 6 nitrogen and oxygen atoms in total. The zero-order chi connectivity index (χ0) is 18.3. The van der Waals surface area contributed by atoms with Crippen LogP contribution in [0, 0.1) is 11.8 Å². The largest absolute Gasteiger partial charge is 0.497 e. The van der Waals surface area contributed by atoms with Crippen molar-refractivity contribution in [3.05, 3.63) is 36.0 Å². The summed E-state index contributed by atoms with van der Waals surface area (Å²) in [7, 11) is 1.63. The van der Waals surface area contributed by atoms with Gasteiger partial charge >= 0.3 is 0 Å². The third-order valence-corrected chi connectivity index (χ3v) is 6.20. The Morgan fingerprint density at radius 2 is 2.15 bits per heavy atom. The highest BCUT2D eigenvalue weighted by atomic mass is 16.5. The number of fused-ring (bicyclic) bond motifs is 4. The fourth-order valence-electron chi connectivity index (χ4n) is 4.75. The summed E-state index contributed by atoms with van der Waals surface area (Å²) < 4.78 is 5.33. The fourth-order valence-corrected chi connectivity index (χ4v) is 4.75. The molecular weight excluding hydrogens is 332 g/mol. The van der Waals surface area contributed by atoms with Crippen LogP contribution in [0.1, 0.15) is 24.5 Å². The van der Waals surface area contributed by atoms with Gasteiger partial charge in [0, 0.05) is 30.1 Å². The first-order valence-electron chi connectivity index (χ1n) is 9.26. The number of pyridine rings is 1. The van der Waals surface area contributed by atoms with Crippen LogP contribution >= 0.6 is 0 Å². The molecule has 2 bridgehead atoms. The molecule has 3 aliphatic heterocycles. The number of hydrogen-bond donors (Lipinski definition) is 3. The molecule has 0 amide bonds. The van der Waals surface area contributed by atoms with Gasteiger partial charge in [-0.05, 0) is 55.1 Å². The standard InChI is InChI=1S/C20H26N2O4/c1-26-13-2-3-17-15(9-13)14(4-6-21-17)20(25)18-8-12-5-7-22(18)10-16(12)19(24)11-23/h2-4,6,9,12,16,18-20,23-25H,5,7-8,10-11H2,1H3/t12-,16-,18-,19+,20+/m0/s1. The summed E-state index contributed by atoms with van der Waals surface area (Å²) in [5.41, 5.74) is 1.71. The lowest BCUT2D eigenvalue weighted by Gasteiger charge is -2.52. The highest BCUT2D eigenvalue weighted by Gasteiger charge is 2.45. The molecule has 3 fully saturated rings. The summed E-state index contributed by atoms with van der Waals surface area (Å²) in [6.45, 7) is 1.45. The second-order valence-corrected chi connectivity index (χ2v) is 7.49. The number of aliphatic hydroxyl groups excluding tert-OH is 3. The predicted molar refractivity (Wildman–Crippen MR) is 97.9 cm³/mol. The number of aliphatic hydroxyl groups is 3. The van der Waals surface area contributed by atoms with Crippen molar-refractivity contribution in [1.29, 1.82) is 0 Å². The van der Waals surface area contributed by atoms with Gasteiger partial charge in [0.25, 0.3) is 0 Å². The third-order valence-electron chi connectivity index (χ3n) is 6.20. The van der Waals surface area contributed by atoms with Crippen LogP contribution in [-0.4, -0.2) is 64.2 Å². The van der Waals surface area contributed by atoms with E-state index in [-0.39, 0.29) is 18.6 Å². The van der Waals surface area contributed by atoms with E-state index in [1.54, 1.807) is 13.3 Å². The summed E-state index contributed by atoms with van der Waals surface area (Å²) >= 11 is 0. The van der Waals surface area contributed by atoms with Crippen molar-refractivity contribution in [3.63, 3.8) is 0 Å². The van der Waals surface area contributed by atoms with Crippen LogP contribution in [0.5, 0.6) is 5.75 Å². The number of rotatable bonds is 5. The number of nitrogens with zero attached hydrogens (tertiary/aromatic N) is 2. The molecule has 0 saturated carbocycles. The first-order valence-corrected chi connectivity index (χ1v) is 9.26. The number of methoxy groups -OCH3 is 1. The molecule has 6 atom stereocenters. The van der Waals surface area contributed by atoms with E-state index in [4.69, 9.17) is 4.74 Å². The van der Waals surface area contributed by atoms with Crippen molar-refractivity contribution in [2.75, 3.05) is 26.8 Å². The summed E-state index contributed by atoms with van der Waals surface area (Å²) in [5, 5.41) is 31.5. The number of ether oxygens (including phenoxy) is 1. The molecule has 3 aliphatic rings. The molecule has 0 aliphatic carbocycles. The van der Waals surface area contributed by atoms with Gasteiger partial charge in [-0.1, -0.05) is 0 Å². The van der Waals surface area contributed by atoms with Gasteiger partial charge in [-0.2, -0.15) is 0 Å². The monoisotopic (exact) mass is 358 g/mol. The quantitative estimate of drug-likeness (QED) is 0.748. The molecule has 1 unspecified atom stereocenters. The lowest BCUT2D eigenvalue weighted by molar-refractivity contribution is -0.0970. The first-order chi connectivity index (χ1) is 12.6. The van der Waals surface area contributed by atoms with Crippen LogP contribution in [0.2, 0.25) is 0 Å². The van der Waals surface area contributed by atoms with Crippen LogP contribution < -0.4 is 4.74 Å². The second kappa shape index (κ2) is 7.12. The van der Waals surface area contributed by atoms with Gasteiger partial charge in [0.2, 0.25) is 0 Å². The number of benzene rings is 1. The molecule has 1 aromatic heterocycles. The minimum Gasteiger partial charge on any atom is -0.497 e. The van der Waals surface area contributed by atoms with Gasteiger partial charge in [0.05, 0.1) is 31.4 Å². The summed E-state index contributed by atoms with van der Waals surface area (Å²) in [4.78, 5) is 6.66. The molecule has 5 rings (SSSR count). The molecule has 3 saturated heterocycles. The maximum atomic E-state index is 11.2. The average Bonchev–Trinajstić information content (AvgIpc) is 2.71. The van der Waals surface area contributed by atoms with Crippen LogP contribution in [0.15, 0.2) is 30.5 Å². The lowest BCUT2D eigenvalue weighted by atomic mass is 9.71. The van der Waals surface area contributed by atoms with Crippen molar-refractivity contribution < 1.29 is 20.1 Å².